The fraction of sp³-hybridized carbons (Fsp3) is 0.850. The number of carbonyl (C=O) groups excluding carboxylic acids is 2. The first kappa shape index (κ1) is 61.9. The van der Waals surface area contributed by atoms with Gasteiger partial charge in [0.2, 0.25) is 0 Å². The number of halogens is 7. The molecule has 2 aliphatic rings. The van der Waals surface area contributed by atoms with Crippen LogP contribution in [-0.2, 0) is 53.6 Å². The van der Waals surface area contributed by atoms with E-state index >= 15 is 0 Å². The van der Waals surface area contributed by atoms with Crippen molar-refractivity contribution in [1.82, 2.24) is 0 Å². The van der Waals surface area contributed by atoms with Gasteiger partial charge in [-0.25, -0.2) is 22.8 Å². The van der Waals surface area contributed by atoms with Gasteiger partial charge in [0.05, 0.1) is 19.8 Å². The topological polar surface area (TPSA) is 273 Å². The molecular formula is C20H30F7Na3O16S3. The van der Waals surface area contributed by atoms with Crippen molar-refractivity contribution in [3.05, 3.63) is 0 Å². The van der Waals surface area contributed by atoms with Crippen LogP contribution in [0, 0.1) is 5.92 Å². The van der Waals surface area contributed by atoms with E-state index in [4.69, 9.17) is 10.2 Å². The van der Waals surface area contributed by atoms with E-state index in [1.807, 2.05) is 0 Å². The van der Waals surface area contributed by atoms with Crippen molar-refractivity contribution < 1.29 is 194 Å². The fourth-order valence-electron chi connectivity index (χ4n) is 3.13. The van der Waals surface area contributed by atoms with Crippen LogP contribution in [0.4, 0.5) is 30.2 Å². The number of hydrogen-bond acceptors (Lipinski definition) is 16. The summed E-state index contributed by atoms with van der Waals surface area (Å²) in [5.41, 5.74) is 0. The number of alkyl halides is 6. The number of carboxylic acid groups (broad SMARTS) is 1. The zero-order valence-corrected chi connectivity index (χ0v) is 34.9. The Bertz CT molecular complexity index is 1140. The maximum Gasteiger partial charge on any atom is 1.00 e. The molecule has 2 fully saturated rings. The van der Waals surface area contributed by atoms with E-state index in [-0.39, 0.29) is 113 Å². The van der Waals surface area contributed by atoms with Gasteiger partial charge in [-0.3, -0.25) is 5.04 Å². The first-order valence-electron chi connectivity index (χ1n) is 12.2. The number of carboxylic acids is 1. The zero-order valence-electron chi connectivity index (χ0n) is 26.5. The monoisotopic (exact) mass is 824 g/mol. The van der Waals surface area contributed by atoms with Crippen LogP contribution in [-0.4, -0.2) is 90.6 Å². The van der Waals surface area contributed by atoms with E-state index in [2.05, 4.69) is 18.8 Å². The van der Waals surface area contributed by atoms with Crippen molar-refractivity contribution in [2.24, 2.45) is 5.92 Å². The van der Waals surface area contributed by atoms with Gasteiger partial charge in [0.15, 0.2) is 10.1 Å². The van der Waals surface area contributed by atoms with Crippen molar-refractivity contribution in [1.29, 1.82) is 0 Å². The molecule has 2 aliphatic carbocycles. The second-order valence-corrected chi connectivity index (χ2v) is 12.5. The van der Waals surface area contributed by atoms with Crippen molar-refractivity contribution in [2.45, 2.75) is 86.1 Å². The second kappa shape index (κ2) is 29.3. The fourth-order valence-corrected chi connectivity index (χ4v) is 3.86. The van der Waals surface area contributed by atoms with Crippen LogP contribution >= 0.6 is 12.0 Å². The molecule has 29 heteroatoms. The SMILES string of the molecule is COC(=O)C(F)(F)S(=O)(=O)F.O=C(O)C(F)(F)S(=O)(=O)[O-].O=C(OCC1CCCCC1)C(F)(F)SOO[O-].OC1CCCCC1.[Na+].[Na+].[Na+].[OH-]. The van der Waals surface area contributed by atoms with Gasteiger partial charge < -0.3 is 35.0 Å². The van der Waals surface area contributed by atoms with Crippen LogP contribution < -0.4 is 93.9 Å². The number of aliphatic carboxylic acids is 1. The van der Waals surface area contributed by atoms with E-state index < -0.39 is 66.1 Å². The average Bonchev–Trinajstić information content (AvgIpc) is 2.95. The summed E-state index contributed by atoms with van der Waals surface area (Å²) in [4.78, 5) is 30.2. The molecule has 0 aromatic carbocycles. The largest absolute Gasteiger partial charge is 1.00 e. The Balaban J connectivity index is -0.000000128. The minimum Gasteiger partial charge on any atom is -0.870 e. The molecule has 0 radical (unpaired) electrons. The maximum absolute atomic E-state index is 12.9. The van der Waals surface area contributed by atoms with Gasteiger partial charge in [-0.2, -0.15) is 39.1 Å². The van der Waals surface area contributed by atoms with Gasteiger partial charge in [0.1, 0.15) is 12.0 Å². The molecule has 0 heterocycles. The molecule has 0 atom stereocenters. The molecule has 49 heavy (non-hydrogen) atoms. The van der Waals surface area contributed by atoms with Gasteiger partial charge in [0, 0.05) is 0 Å². The summed E-state index contributed by atoms with van der Waals surface area (Å²) < 4.78 is 143. The van der Waals surface area contributed by atoms with Crippen molar-refractivity contribution in [3.8, 4) is 0 Å². The van der Waals surface area contributed by atoms with Gasteiger partial charge >= 0.3 is 133 Å². The number of methoxy groups -OCH3 is 1. The molecule has 0 aromatic heterocycles. The number of hydrogen-bond donors (Lipinski definition) is 2. The summed E-state index contributed by atoms with van der Waals surface area (Å²) >= 11 is -0.669. The smallest absolute Gasteiger partial charge is 0.870 e. The van der Waals surface area contributed by atoms with Gasteiger partial charge in [0.25, 0.3) is 0 Å². The minimum atomic E-state index is -6.22. The van der Waals surface area contributed by atoms with Crippen LogP contribution in [0.5, 0.6) is 0 Å². The molecule has 0 bridgehead atoms. The summed E-state index contributed by atoms with van der Waals surface area (Å²) in [5.74, 6) is -6.99. The number of aliphatic hydroxyl groups is 1. The van der Waals surface area contributed by atoms with E-state index in [1.54, 1.807) is 0 Å². The Kier molecular flexibility index (Phi) is 37.0. The quantitative estimate of drug-likeness (QED) is 0.0303. The zero-order chi connectivity index (χ0) is 35.7. The number of ether oxygens (including phenoxy) is 2. The maximum atomic E-state index is 12.9. The van der Waals surface area contributed by atoms with Crippen molar-refractivity contribution in [3.63, 3.8) is 0 Å². The van der Waals surface area contributed by atoms with Crippen molar-refractivity contribution in [2.75, 3.05) is 13.7 Å². The minimum absolute atomic E-state index is 0. The van der Waals surface area contributed by atoms with E-state index in [0.29, 0.717) is 7.11 Å². The predicted octanol–water partition coefficient (Wildman–Crippen LogP) is -7.02. The Labute approximate surface area is 347 Å². The Morgan fingerprint density at radius 1 is 0.816 bits per heavy atom. The summed E-state index contributed by atoms with van der Waals surface area (Å²) in [6.45, 7) is -0.0206. The summed E-state index contributed by atoms with van der Waals surface area (Å²) in [6.07, 6.45) is 10.9. The third-order valence-electron chi connectivity index (χ3n) is 5.45. The third-order valence-corrected chi connectivity index (χ3v) is 7.53. The van der Waals surface area contributed by atoms with E-state index in [0.717, 1.165) is 44.9 Å². The average molecular weight is 825 g/mol. The van der Waals surface area contributed by atoms with Crippen LogP contribution in [0.25, 0.3) is 0 Å². The summed E-state index contributed by atoms with van der Waals surface area (Å²) in [7, 11) is -11.8. The molecule has 0 aliphatic heterocycles. The van der Waals surface area contributed by atoms with Gasteiger partial charge in [-0.15, -0.1) is 0 Å². The normalized spacial score (nSPS) is 15.4. The first-order valence-corrected chi connectivity index (χ1v) is 15.8. The molecule has 2 rings (SSSR count). The molecule has 2 saturated carbocycles. The molecule has 16 nitrogen and oxygen atoms in total. The second-order valence-electron chi connectivity index (χ2n) is 8.85. The molecule has 0 spiro atoms. The number of esters is 2. The standard InChI is InChI=1S/C9H14F2O5S.C6H12O.C3H3F3O4S.C2H2F2O5S.3Na.H2O/c10-9(11,17-16-15-13)8(12)14-6-7-4-2-1-3-5-7;7-6-4-2-1-3-5-6;1-10-2(7)3(4,5)11(6,8)9;3-2(4,1(5)6)10(7,8)9;;;;/h7,13H,1-6H2;6-7H,1-5H2;1H3;(H,5,6)(H,7,8,9);;;;1H2/q;;;;3*+1;/p-3. The van der Waals surface area contributed by atoms with Crippen LogP contribution in [0.3, 0.4) is 0 Å². The van der Waals surface area contributed by atoms with Crippen molar-refractivity contribution >= 4 is 50.3 Å². The molecular weight excluding hydrogens is 794 g/mol. The summed E-state index contributed by atoms with van der Waals surface area (Å²) in [6, 6.07) is 0. The predicted molar refractivity (Wildman–Crippen MR) is 133 cm³/mol. The Hall–Kier alpha value is 0.930. The number of rotatable bonds is 10. The van der Waals surface area contributed by atoms with Gasteiger partial charge in [-0.1, -0.05) is 42.4 Å². The van der Waals surface area contributed by atoms with Crippen LogP contribution in [0.2, 0.25) is 0 Å². The van der Waals surface area contributed by atoms with Crippen LogP contribution in [0.15, 0.2) is 0 Å². The third kappa shape index (κ3) is 25.6. The van der Waals surface area contributed by atoms with Gasteiger partial charge in [-0.05, 0) is 31.6 Å². The van der Waals surface area contributed by atoms with E-state index in [1.165, 1.54) is 19.3 Å². The first-order chi connectivity index (χ1) is 20.4. The molecule has 3 N–H and O–H groups in total. The van der Waals surface area contributed by atoms with E-state index in [9.17, 15) is 71.3 Å². The Morgan fingerprint density at radius 3 is 1.47 bits per heavy atom. The number of carbonyl (C=O) groups is 3. The van der Waals surface area contributed by atoms with Crippen LogP contribution in [0.1, 0.15) is 64.2 Å². The molecule has 0 aromatic rings. The summed E-state index contributed by atoms with van der Waals surface area (Å²) in [5, 5.41) is 14.2. The molecule has 0 unspecified atom stereocenters. The molecule has 0 amide bonds. The number of aliphatic hydroxyl groups excluding tert-OH is 1. The Morgan fingerprint density at radius 2 is 1.22 bits per heavy atom. The molecule has 0 saturated heterocycles. The molecule has 276 valence electrons.